The van der Waals surface area contributed by atoms with E-state index in [9.17, 15) is 0 Å². The lowest BCUT2D eigenvalue weighted by molar-refractivity contribution is 0.0833. The predicted octanol–water partition coefficient (Wildman–Crippen LogP) is 2.36. The SMILES string of the molecule is CCC=CC1CCC(C(CO)CO)CC1. The first-order chi connectivity index (χ1) is 7.31. The van der Waals surface area contributed by atoms with Crippen LogP contribution in [0.4, 0.5) is 0 Å². The normalized spacial score (nSPS) is 27.7. The second-order valence-electron chi connectivity index (χ2n) is 4.64. The van der Waals surface area contributed by atoms with Gasteiger partial charge >= 0.3 is 0 Å². The second-order valence-corrected chi connectivity index (χ2v) is 4.64. The minimum Gasteiger partial charge on any atom is -0.396 e. The zero-order valence-electron chi connectivity index (χ0n) is 9.73. The average molecular weight is 212 g/mol. The third-order valence-electron chi connectivity index (χ3n) is 3.60. The van der Waals surface area contributed by atoms with Crippen molar-refractivity contribution < 1.29 is 10.2 Å². The van der Waals surface area contributed by atoms with E-state index in [4.69, 9.17) is 10.2 Å². The molecule has 0 saturated heterocycles. The number of rotatable bonds is 5. The molecule has 0 aromatic heterocycles. The van der Waals surface area contributed by atoms with E-state index in [-0.39, 0.29) is 19.1 Å². The molecule has 1 saturated carbocycles. The van der Waals surface area contributed by atoms with Crippen molar-refractivity contribution in [3.8, 4) is 0 Å². The summed E-state index contributed by atoms with van der Waals surface area (Å²) in [6.45, 7) is 2.43. The molecule has 1 rings (SSSR count). The molecule has 0 unspecified atom stereocenters. The Morgan fingerprint density at radius 1 is 1.13 bits per heavy atom. The van der Waals surface area contributed by atoms with E-state index >= 15 is 0 Å². The first-order valence-corrected chi connectivity index (χ1v) is 6.20. The summed E-state index contributed by atoms with van der Waals surface area (Å²) in [6, 6.07) is 0. The summed E-state index contributed by atoms with van der Waals surface area (Å²) >= 11 is 0. The summed E-state index contributed by atoms with van der Waals surface area (Å²) in [5.41, 5.74) is 0. The summed E-state index contributed by atoms with van der Waals surface area (Å²) in [7, 11) is 0. The molecule has 0 atom stereocenters. The van der Waals surface area contributed by atoms with E-state index in [0.717, 1.165) is 25.2 Å². The maximum Gasteiger partial charge on any atom is 0.0483 e. The molecule has 0 heterocycles. The lowest BCUT2D eigenvalue weighted by Crippen LogP contribution is -2.26. The van der Waals surface area contributed by atoms with Crippen molar-refractivity contribution in [3.63, 3.8) is 0 Å². The number of hydrogen-bond donors (Lipinski definition) is 2. The van der Waals surface area contributed by atoms with Gasteiger partial charge in [-0.15, -0.1) is 0 Å². The van der Waals surface area contributed by atoms with Gasteiger partial charge in [-0.25, -0.2) is 0 Å². The molecule has 0 radical (unpaired) electrons. The van der Waals surface area contributed by atoms with Crippen molar-refractivity contribution >= 4 is 0 Å². The van der Waals surface area contributed by atoms with Crippen LogP contribution in [0.3, 0.4) is 0 Å². The molecular formula is C13H24O2. The summed E-state index contributed by atoms with van der Waals surface area (Å²) in [5.74, 6) is 1.38. The van der Waals surface area contributed by atoms with Gasteiger partial charge in [0.1, 0.15) is 0 Å². The van der Waals surface area contributed by atoms with Gasteiger partial charge in [-0.3, -0.25) is 0 Å². The largest absolute Gasteiger partial charge is 0.396 e. The highest BCUT2D eigenvalue weighted by molar-refractivity contribution is 4.91. The van der Waals surface area contributed by atoms with Crippen molar-refractivity contribution in [3.05, 3.63) is 12.2 Å². The summed E-state index contributed by atoms with van der Waals surface area (Å²) in [5, 5.41) is 18.2. The first kappa shape index (κ1) is 12.7. The molecular weight excluding hydrogens is 188 g/mol. The molecule has 15 heavy (non-hydrogen) atoms. The molecule has 0 aliphatic heterocycles. The van der Waals surface area contributed by atoms with Gasteiger partial charge in [0.2, 0.25) is 0 Å². The van der Waals surface area contributed by atoms with Gasteiger partial charge in [-0.2, -0.15) is 0 Å². The minimum atomic E-state index is 0.112. The maximum atomic E-state index is 9.11. The van der Waals surface area contributed by atoms with Crippen LogP contribution in [0.25, 0.3) is 0 Å². The zero-order valence-corrected chi connectivity index (χ0v) is 9.73. The molecule has 2 nitrogen and oxygen atoms in total. The Kier molecular flexibility index (Phi) is 5.96. The molecule has 88 valence electrons. The Morgan fingerprint density at radius 3 is 2.20 bits per heavy atom. The number of aliphatic hydroxyl groups excluding tert-OH is 2. The van der Waals surface area contributed by atoms with Crippen LogP contribution in [0.1, 0.15) is 39.0 Å². The molecule has 2 heteroatoms. The third-order valence-corrected chi connectivity index (χ3v) is 3.60. The molecule has 0 spiro atoms. The highest BCUT2D eigenvalue weighted by atomic mass is 16.3. The summed E-state index contributed by atoms with van der Waals surface area (Å²) < 4.78 is 0. The van der Waals surface area contributed by atoms with Crippen LogP contribution in [0, 0.1) is 17.8 Å². The standard InChI is InChI=1S/C13H24O2/c1-2-3-4-11-5-7-12(8-6-11)13(9-14)10-15/h3-4,11-15H,2,5-10H2,1H3. The Bertz CT molecular complexity index is 177. The summed E-state index contributed by atoms with van der Waals surface area (Å²) in [6.07, 6.45) is 10.5. The van der Waals surface area contributed by atoms with E-state index < -0.39 is 0 Å². The quantitative estimate of drug-likeness (QED) is 0.687. The third kappa shape index (κ3) is 3.96. The fourth-order valence-corrected chi connectivity index (χ4v) is 2.49. The van der Waals surface area contributed by atoms with Gasteiger partial charge in [0.05, 0.1) is 0 Å². The average Bonchev–Trinajstić information content (AvgIpc) is 2.29. The van der Waals surface area contributed by atoms with E-state index in [0.29, 0.717) is 5.92 Å². The Hall–Kier alpha value is -0.340. The minimum absolute atomic E-state index is 0.112. The molecule has 1 aliphatic carbocycles. The van der Waals surface area contributed by atoms with Gasteiger partial charge < -0.3 is 10.2 Å². The zero-order chi connectivity index (χ0) is 11.1. The highest BCUT2D eigenvalue weighted by Gasteiger charge is 2.25. The van der Waals surface area contributed by atoms with Gasteiger partial charge in [0.15, 0.2) is 0 Å². The van der Waals surface area contributed by atoms with Gasteiger partial charge in [0, 0.05) is 19.1 Å². The molecule has 0 aromatic rings. The Labute approximate surface area is 93.0 Å². The molecule has 0 bridgehead atoms. The molecule has 1 fully saturated rings. The van der Waals surface area contributed by atoms with Crippen molar-refractivity contribution in [2.75, 3.05) is 13.2 Å². The number of hydrogen-bond acceptors (Lipinski definition) is 2. The van der Waals surface area contributed by atoms with Crippen molar-refractivity contribution in [1.82, 2.24) is 0 Å². The monoisotopic (exact) mass is 212 g/mol. The van der Waals surface area contributed by atoms with Crippen LogP contribution in [0.2, 0.25) is 0 Å². The lowest BCUT2D eigenvalue weighted by atomic mass is 9.76. The van der Waals surface area contributed by atoms with E-state index in [1.165, 1.54) is 12.8 Å². The highest BCUT2D eigenvalue weighted by Crippen LogP contribution is 2.33. The van der Waals surface area contributed by atoms with Crippen LogP contribution >= 0.6 is 0 Å². The van der Waals surface area contributed by atoms with Gasteiger partial charge in [-0.1, -0.05) is 19.1 Å². The topological polar surface area (TPSA) is 40.5 Å². The maximum absolute atomic E-state index is 9.11. The van der Waals surface area contributed by atoms with E-state index in [2.05, 4.69) is 19.1 Å². The van der Waals surface area contributed by atoms with Crippen LogP contribution in [-0.4, -0.2) is 23.4 Å². The van der Waals surface area contributed by atoms with Crippen LogP contribution in [0.15, 0.2) is 12.2 Å². The van der Waals surface area contributed by atoms with Crippen molar-refractivity contribution in [2.45, 2.75) is 39.0 Å². The lowest BCUT2D eigenvalue weighted by Gasteiger charge is -2.31. The smallest absolute Gasteiger partial charge is 0.0483 e. The van der Waals surface area contributed by atoms with Gasteiger partial charge in [0.25, 0.3) is 0 Å². The second kappa shape index (κ2) is 7.02. The number of aliphatic hydroxyl groups is 2. The van der Waals surface area contributed by atoms with E-state index in [1.807, 2.05) is 0 Å². The van der Waals surface area contributed by atoms with E-state index in [1.54, 1.807) is 0 Å². The van der Waals surface area contributed by atoms with Crippen LogP contribution in [-0.2, 0) is 0 Å². The van der Waals surface area contributed by atoms with Crippen LogP contribution < -0.4 is 0 Å². The Balaban J connectivity index is 2.31. The summed E-state index contributed by atoms with van der Waals surface area (Å²) in [4.78, 5) is 0. The van der Waals surface area contributed by atoms with Crippen molar-refractivity contribution in [1.29, 1.82) is 0 Å². The van der Waals surface area contributed by atoms with Crippen molar-refractivity contribution in [2.24, 2.45) is 17.8 Å². The molecule has 0 amide bonds. The van der Waals surface area contributed by atoms with Gasteiger partial charge in [-0.05, 0) is 43.9 Å². The van der Waals surface area contributed by atoms with Crippen LogP contribution in [0.5, 0.6) is 0 Å². The first-order valence-electron chi connectivity index (χ1n) is 6.20. The fraction of sp³-hybridized carbons (Fsp3) is 0.846. The molecule has 2 N–H and O–H groups in total. The predicted molar refractivity (Wildman–Crippen MR) is 62.5 cm³/mol. The molecule has 0 aromatic carbocycles. The molecule has 1 aliphatic rings. The fourth-order valence-electron chi connectivity index (χ4n) is 2.49. The Morgan fingerprint density at radius 2 is 1.73 bits per heavy atom. The number of allylic oxidation sites excluding steroid dienone is 2.